The normalized spacial score (nSPS) is 23.3. The highest BCUT2D eigenvalue weighted by atomic mass is 16.1. The van der Waals surface area contributed by atoms with Gasteiger partial charge < -0.3 is 4.57 Å². The number of imidazole rings is 1. The topological polar surface area (TPSA) is 34.9 Å². The van der Waals surface area contributed by atoms with Crippen LogP contribution >= 0.6 is 0 Å². The van der Waals surface area contributed by atoms with Gasteiger partial charge in [0.15, 0.2) is 5.82 Å². The molecule has 1 aliphatic rings. The predicted molar refractivity (Wildman–Crippen MR) is 35.7 cm³/mol. The van der Waals surface area contributed by atoms with Crippen LogP contribution in [0.4, 0.5) is 0 Å². The molecule has 2 rings (SSSR count). The lowest BCUT2D eigenvalue weighted by Gasteiger charge is -1.93. The molecule has 3 nitrogen and oxygen atoms in total. The van der Waals surface area contributed by atoms with Crippen molar-refractivity contribution < 1.29 is 4.79 Å². The highest BCUT2D eigenvalue weighted by Crippen LogP contribution is 2.17. The second-order valence-corrected chi connectivity index (χ2v) is 2.67. The molecular weight excluding hydrogens is 128 g/mol. The molecule has 1 atom stereocenters. The minimum atomic E-state index is 0.128. The standard InChI is InChI=1S/C7H8N2O/c1-5-4-9-3-2-8-7(9)6(5)10/h2-3,5H,4H2,1H3. The third-order valence-corrected chi connectivity index (χ3v) is 1.85. The monoisotopic (exact) mass is 136 g/mol. The van der Waals surface area contributed by atoms with Gasteiger partial charge in [-0.05, 0) is 0 Å². The van der Waals surface area contributed by atoms with Crippen molar-refractivity contribution in [2.45, 2.75) is 13.5 Å². The van der Waals surface area contributed by atoms with Crippen LogP contribution in [0.3, 0.4) is 0 Å². The number of carbonyl (C=O) groups is 1. The van der Waals surface area contributed by atoms with Crippen molar-refractivity contribution in [1.82, 2.24) is 9.55 Å². The lowest BCUT2D eigenvalue weighted by Crippen LogP contribution is -2.04. The van der Waals surface area contributed by atoms with Crippen LogP contribution in [-0.2, 0) is 6.54 Å². The molecule has 0 N–H and O–H groups in total. The fraction of sp³-hybridized carbons (Fsp3) is 0.429. The summed E-state index contributed by atoms with van der Waals surface area (Å²) in [5.41, 5.74) is 0. The molecule has 0 amide bonds. The van der Waals surface area contributed by atoms with Crippen LogP contribution < -0.4 is 0 Å². The first-order valence-electron chi connectivity index (χ1n) is 3.34. The Labute approximate surface area is 58.7 Å². The van der Waals surface area contributed by atoms with E-state index in [1.54, 1.807) is 6.20 Å². The Morgan fingerprint density at radius 3 is 3.30 bits per heavy atom. The molecule has 0 spiro atoms. The van der Waals surface area contributed by atoms with E-state index in [0.717, 1.165) is 6.54 Å². The summed E-state index contributed by atoms with van der Waals surface area (Å²) in [4.78, 5) is 15.1. The molecule has 0 bridgehead atoms. The maximum Gasteiger partial charge on any atom is 0.202 e. The number of hydrogen-bond donors (Lipinski definition) is 0. The van der Waals surface area contributed by atoms with E-state index in [9.17, 15) is 4.79 Å². The molecule has 0 aromatic carbocycles. The number of hydrogen-bond acceptors (Lipinski definition) is 2. The second kappa shape index (κ2) is 1.68. The molecule has 0 fully saturated rings. The summed E-state index contributed by atoms with van der Waals surface area (Å²) < 4.78 is 1.90. The molecule has 1 aliphatic heterocycles. The number of aromatic nitrogens is 2. The molecule has 0 aliphatic carbocycles. The number of ketones is 1. The van der Waals surface area contributed by atoms with Crippen LogP contribution in [0, 0.1) is 5.92 Å². The third-order valence-electron chi connectivity index (χ3n) is 1.85. The van der Waals surface area contributed by atoms with Gasteiger partial charge in [0.05, 0.1) is 0 Å². The van der Waals surface area contributed by atoms with Gasteiger partial charge in [-0.3, -0.25) is 4.79 Å². The Morgan fingerprint density at radius 2 is 2.60 bits per heavy atom. The Kier molecular flexibility index (Phi) is 0.952. The van der Waals surface area contributed by atoms with Gasteiger partial charge in [0, 0.05) is 24.9 Å². The largest absolute Gasteiger partial charge is 0.328 e. The summed E-state index contributed by atoms with van der Waals surface area (Å²) >= 11 is 0. The van der Waals surface area contributed by atoms with E-state index in [1.807, 2.05) is 17.7 Å². The molecule has 3 heteroatoms. The molecule has 52 valence electrons. The SMILES string of the molecule is CC1Cn2ccnc2C1=O. The highest BCUT2D eigenvalue weighted by Gasteiger charge is 2.27. The number of Topliss-reactive ketones (excluding diaryl/α,β-unsaturated/α-hetero) is 1. The Hall–Kier alpha value is -1.12. The zero-order chi connectivity index (χ0) is 7.14. The molecule has 1 unspecified atom stereocenters. The maximum absolute atomic E-state index is 11.2. The summed E-state index contributed by atoms with van der Waals surface area (Å²) in [5.74, 6) is 0.918. The van der Waals surface area contributed by atoms with E-state index in [-0.39, 0.29) is 11.7 Å². The molecule has 0 saturated carbocycles. The first-order valence-corrected chi connectivity index (χ1v) is 3.34. The van der Waals surface area contributed by atoms with Gasteiger partial charge in [0.2, 0.25) is 5.78 Å². The van der Waals surface area contributed by atoms with E-state index in [2.05, 4.69) is 4.98 Å². The van der Waals surface area contributed by atoms with Crippen LogP contribution in [0.25, 0.3) is 0 Å². The molecule has 1 aromatic rings. The first-order chi connectivity index (χ1) is 4.79. The summed E-state index contributed by atoms with van der Waals surface area (Å²) in [6.07, 6.45) is 3.51. The van der Waals surface area contributed by atoms with Crippen molar-refractivity contribution in [3.8, 4) is 0 Å². The van der Waals surface area contributed by atoms with Crippen LogP contribution in [0.1, 0.15) is 17.5 Å². The number of rotatable bonds is 0. The van der Waals surface area contributed by atoms with Crippen LogP contribution in [-0.4, -0.2) is 15.3 Å². The smallest absolute Gasteiger partial charge is 0.202 e. The summed E-state index contributed by atoms with van der Waals surface area (Å²) in [5, 5.41) is 0. The van der Waals surface area contributed by atoms with Crippen molar-refractivity contribution >= 4 is 5.78 Å². The summed E-state index contributed by atoms with van der Waals surface area (Å²) in [6.45, 7) is 2.73. The van der Waals surface area contributed by atoms with Crippen molar-refractivity contribution in [2.75, 3.05) is 0 Å². The lowest BCUT2D eigenvalue weighted by atomic mass is 10.1. The van der Waals surface area contributed by atoms with Crippen LogP contribution in [0.2, 0.25) is 0 Å². The predicted octanol–water partition coefficient (Wildman–Crippen LogP) is 0.715. The molecule has 10 heavy (non-hydrogen) atoms. The second-order valence-electron chi connectivity index (χ2n) is 2.67. The molecule has 2 heterocycles. The minimum Gasteiger partial charge on any atom is -0.328 e. The van der Waals surface area contributed by atoms with Crippen molar-refractivity contribution in [2.24, 2.45) is 5.92 Å². The minimum absolute atomic E-state index is 0.128. The zero-order valence-corrected chi connectivity index (χ0v) is 5.74. The van der Waals surface area contributed by atoms with Crippen LogP contribution in [0.5, 0.6) is 0 Å². The zero-order valence-electron chi connectivity index (χ0n) is 5.74. The lowest BCUT2D eigenvalue weighted by molar-refractivity contribution is 0.0942. The van der Waals surface area contributed by atoms with Crippen LogP contribution in [0.15, 0.2) is 12.4 Å². The Balaban J connectivity index is 2.53. The summed E-state index contributed by atoms with van der Waals surface area (Å²) in [6, 6.07) is 0. The van der Waals surface area contributed by atoms with Gasteiger partial charge >= 0.3 is 0 Å². The molecular formula is C7H8N2O. The van der Waals surface area contributed by atoms with Crippen molar-refractivity contribution in [1.29, 1.82) is 0 Å². The van der Waals surface area contributed by atoms with Gasteiger partial charge in [-0.25, -0.2) is 4.98 Å². The summed E-state index contributed by atoms with van der Waals surface area (Å²) in [7, 11) is 0. The van der Waals surface area contributed by atoms with Crippen molar-refractivity contribution in [3.63, 3.8) is 0 Å². The van der Waals surface area contributed by atoms with E-state index in [4.69, 9.17) is 0 Å². The fourth-order valence-corrected chi connectivity index (χ4v) is 1.28. The molecule has 0 saturated heterocycles. The van der Waals surface area contributed by atoms with E-state index in [1.165, 1.54) is 0 Å². The molecule has 1 aromatic heterocycles. The van der Waals surface area contributed by atoms with Gasteiger partial charge in [0.1, 0.15) is 0 Å². The highest BCUT2D eigenvalue weighted by molar-refractivity contribution is 5.96. The first kappa shape index (κ1) is 5.65. The maximum atomic E-state index is 11.2. The van der Waals surface area contributed by atoms with E-state index < -0.39 is 0 Å². The Morgan fingerprint density at radius 1 is 1.80 bits per heavy atom. The Bertz CT molecular complexity index is 277. The van der Waals surface area contributed by atoms with Gasteiger partial charge in [-0.15, -0.1) is 0 Å². The average molecular weight is 136 g/mol. The van der Waals surface area contributed by atoms with Crippen molar-refractivity contribution in [3.05, 3.63) is 18.2 Å². The molecule has 0 radical (unpaired) electrons. The van der Waals surface area contributed by atoms with Gasteiger partial charge in [-0.1, -0.05) is 6.92 Å². The van der Waals surface area contributed by atoms with Gasteiger partial charge in [0.25, 0.3) is 0 Å². The van der Waals surface area contributed by atoms with E-state index >= 15 is 0 Å². The third kappa shape index (κ3) is 0.546. The quantitative estimate of drug-likeness (QED) is 0.526. The average Bonchev–Trinajstić information content (AvgIpc) is 2.41. The van der Waals surface area contributed by atoms with Gasteiger partial charge in [-0.2, -0.15) is 0 Å². The number of fused-ring (bicyclic) bond motifs is 1. The number of carbonyl (C=O) groups excluding carboxylic acids is 1. The fourth-order valence-electron chi connectivity index (χ4n) is 1.28. The number of nitrogens with zero attached hydrogens (tertiary/aromatic N) is 2. The van der Waals surface area contributed by atoms with E-state index in [0.29, 0.717) is 5.82 Å².